The molecule has 38 heavy (non-hydrogen) atoms. The summed E-state index contributed by atoms with van der Waals surface area (Å²) >= 11 is 0. The van der Waals surface area contributed by atoms with E-state index in [-0.39, 0.29) is 10.6 Å². The maximum atomic E-state index is 13.0. The molecule has 0 amide bonds. The average Bonchev–Trinajstić information content (AvgIpc) is 2.97. The normalized spacial score (nSPS) is 16.9. The molecule has 0 unspecified atom stereocenters. The number of nitro groups is 1. The Hall–Kier alpha value is -3.83. The van der Waals surface area contributed by atoms with Crippen LogP contribution in [0.1, 0.15) is 0 Å². The molecule has 3 aromatic carbocycles. The van der Waals surface area contributed by atoms with E-state index >= 15 is 0 Å². The van der Waals surface area contributed by atoms with Crippen molar-refractivity contribution >= 4 is 32.8 Å². The molecular formula is C27H31N5O5S. The Kier molecular flexibility index (Phi) is 7.39. The van der Waals surface area contributed by atoms with Crippen molar-refractivity contribution in [1.29, 1.82) is 0 Å². The number of hydrogen-bond donors (Lipinski definition) is 0. The first-order valence-electron chi connectivity index (χ1n) is 12.6. The summed E-state index contributed by atoms with van der Waals surface area (Å²) in [5.41, 5.74) is 2.63. The molecule has 0 aliphatic carbocycles. The number of methoxy groups -OCH3 is 1. The van der Waals surface area contributed by atoms with Crippen LogP contribution < -0.4 is 19.4 Å². The maximum Gasteiger partial charge on any atom is 0.292 e. The van der Waals surface area contributed by atoms with E-state index < -0.39 is 10.0 Å². The largest absolute Gasteiger partial charge is 0.497 e. The van der Waals surface area contributed by atoms with Crippen LogP contribution in [-0.4, -0.2) is 77.1 Å². The number of anilines is 3. The summed E-state index contributed by atoms with van der Waals surface area (Å²) in [6.45, 7) is 4.50. The molecule has 0 N–H and O–H groups in total. The van der Waals surface area contributed by atoms with Crippen molar-refractivity contribution in [3.8, 4) is 5.75 Å². The second-order valence-electron chi connectivity index (χ2n) is 9.31. The summed E-state index contributed by atoms with van der Waals surface area (Å²) in [5.74, 6) is 0.804. The quantitative estimate of drug-likeness (QED) is 0.334. The van der Waals surface area contributed by atoms with E-state index in [1.807, 2.05) is 30.3 Å². The van der Waals surface area contributed by atoms with Gasteiger partial charge in [0.05, 0.1) is 16.9 Å². The number of nitro benzene ring substituents is 1. The molecule has 2 fully saturated rings. The second kappa shape index (κ2) is 10.9. The molecule has 200 valence electrons. The van der Waals surface area contributed by atoms with Gasteiger partial charge >= 0.3 is 0 Å². The van der Waals surface area contributed by atoms with Gasteiger partial charge in [-0.05, 0) is 48.5 Å². The number of sulfonamides is 1. The van der Waals surface area contributed by atoms with Crippen LogP contribution in [0.25, 0.3) is 0 Å². The maximum absolute atomic E-state index is 13.0. The van der Waals surface area contributed by atoms with Gasteiger partial charge in [0.1, 0.15) is 11.4 Å². The van der Waals surface area contributed by atoms with E-state index in [0.29, 0.717) is 49.9 Å². The highest BCUT2D eigenvalue weighted by atomic mass is 32.2. The zero-order valence-corrected chi connectivity index (χ0v) is 22.1. The Labute approximate surface area is 222 Å². The van der Waals surface area contributed by atoms with Gasteiger partial charge in [0.15, 0.2) is 0 Å². The highest BCUT2D eigenvalue weighted by Crippen LogP contribution is 2.34. The van der Waals surface area contributed by atoms with Gasteiger partial charge in [-0.1, -0.05) is 18.2 Å². The summed E-state index contributed by atoms with van der Waals surface area (Å²) in [5, 5.41) is 11.9. The summed E-state index contributed by atoms with van der Waals surface area (Å²) in [4.78, 5) is 18.2. The number of nitrogens with zero attached hydrogens (tertiary/aromatic N) is 5. The van der Waals surface area contributed by atoms with Crippen LogP contribution in [0.4, 0.5) is 22.7 Å². The summed E-state index contributed by atoms with van der Waals surface area (Å²) in [7, 11) is -1.91. The molecule has 0 atom stereocenters. The van der Waals surface area contributed by atoms with E-state index in [1.165, 1.54) is 4.31 Å². The monoisotopic (exact) mass is 537 g/mol. The first-order chi connectivity index (χ1) is 18.4. The zero-order chi connectivity index (χ0) is 26.7. The Morgan fingerprint density at radius 1 is 0.737 bits per heavy atom. The lowest BCUT2D eigenvalue weighted by Crippen LogP contribution is -2.49. The SMILES string of the molecule is COc1ccc(N2CCN(c3cc(N4CCN(S(=O)(=O)c5ccccc5)CC4)ccc3[N+](=O)[O-])CC2)cc1. The first kappa shape index (κ1) is 25.8. The molecule has 5 rings (SSSR count). The predicted octanol–water partition coefficient (Wildman–Crippen LogP) is 3.44. The molecule has 2 heterocycles. The summed E-state index contributed by atoms with van der Waals surface area (Å²) < 4.78 is 32.7. The topological polar surface area (TPSA) is 99.5 Å². The second-order valence-corrected chi connectivity index (χ2v) is 11.2. The molecule has 2 aliphatic rings. The van der Waals surface area contributed by atoms with Crippen LogP contribution >= 0.6 is 0 Å². The van der Waals surface area contributed by atoms with E-state index in [9.17, 15) is 18.5 Å². The van der Waals surface area contributed by atoms with Gasteiger partial charge in [0.2, 0.25) is 10.0 Å². The van der Waals surface area contributed by atoms with Crippen LogP contribution in [0, 0.1) is 10.1 Å². The van der Waals surface area contributed by atoms with Gasteiger partial charge in [-0.3, -0.25) is 10.1 Å². The molecule has 0 aromatic heterocycles. The summed E-state index contributed by atoms with van der Waals surface area (Å²) in [6, 6.07) is 21.6. The van der Waals surface area contributed by atoms with Crippen LogP contribution in [0.5, 0.6) is 5.75 Å². The number of ether oxygens (including phenoxy) is 1. The fourth-order valence-corrected chi connectivity index (χ4v) is 6.49. The number of rotatable bonds is 7. The van der Waals surface area contributed by atoms with E-state index in [0.717, 1.165) is 30.2 Å². The molecule has 11 heteroatoms. The van der Waals surface area contributed by atoms with E-state index in [2.05, 4.69) is 14.7 Å². The Balaban J connectivity index is 1.28. The molecular weight excluding hydrogens is 506 g/mol. The van der Waals surface area contributed by atoms with Gasteiger partial charge in [0, 0.05) is 69.8 Å². The third-order valence-electron chi connectivity index (χ3n) is 7.20. The van der Waals surface area contributed by atoms with Crippen molar-refractivity contribution in [2.45, 2.75) is 4.90 Å². The van der Waals surface area contributed by atoms with Gasteiger partial charge in [-0.25, -0.2) is 8.42 Å². The fraction of sp³-hybridized carbons (Fsp3) is 0.333. The third kappa shape index (κ3) is 5.25. The number of hydrogen-bond acceptors (Lipinski definition) is 8. The summed E-state index contributed by atoms with van der Waals surface area (Å²) in [6.07, 6.45) is 0. The predicted molar refractivity (Wildman–Crippen MR) is 148 cm³/mol. The average molecular weight is 538 g/mol. The highest BCUT2D eigenvalue weighted by Gasteiger charge is 2.30. The highest BCUT2D eigenvalue weighted by molar-refractivity contribution is 7.89. The molecule has 0 bridgehead atoms. The minimum Gasteiger partial charge on any atom is -0.497 e. The number of piperazine rings is 2. The Morgan fingerprint density at radius 3 is 1.89 bits per heavy atom. The molecule has 2 saturated heterocycles. The van der Waals surface area contributed by atoms with Crippen molar-refractivity contribution in [3.05, 3.63) is 82.9 Å². The molecule has 0 spiro atoms. The Bertz CT molecular complexity index is 1370. The lowest BCUT2D eigenvalue weighted by molar-refractivity contribution is -0.384. The van der Waals surface area contributed by atoms with Gasteiger partial charge in [-0.2, -0.15) is 4.31 Å². The van der Waals surface area contributed by atoms with Crippen molar-refractivity contribution in [3.63, 3.8) is 0 Å². The minimum absolute atomic E-state index is 0.0805. The zero-order valence-electron chi connectivity index (χ0n) is 21.3. The van der Waals surface area contributed by atoms with Gasteiger partial charge in [0.25, 0.3) is 5.69 Å². The molecule has 0 radical (unpaired) electrons. The molecule has 10 nitrogen and oxygen atoms in total. The molecule has 3 aromatic rings. The van der Waals surface area contributed by atoms with Gasteiger partial charge in [-0.15, -0.1) is 0 Å². The van der Waals surface area contributed by atoms with Crippen LogP contribution in [0.3, 0.4) is 0 Å². The van der Waals surface area contributed by atoms with Crippen molar-refractivity contribution < 1.29 is 18.1 Å². The smallest absolute Gasteiger partial charge is 0.292 e. The van der Waals surface area contributed by atoms with Crippen molar-refractivity contribution in [2.75, 3.05) is 74.2 Å². The first-order valence-corrected chi connectivity index (χ1v) is 14.0. The van der Waals surface area contributed by atoms with Crippen molar-refractivity contribution in [2.24, 2.45) is 0 Å². The van der Waals surface area contributed by atoms with E-state index in [4.69, 9.17) is 4.74 Å². The van der Waals surface area contributed by atoms with E-state index in [1.54, 1.807) is 49.6 Å². The standard InChI is InChI=1S/C27H31N5O5S/c1-37-24-10-7-22(8-11-24)28-13-15-30(16-14-28)27-21-23(9-12-26(27)32(33)34)29-17-19-31(20-18-29)38(35,36)25-5-3-2-4-6-25/h2-12,21H,13-20H2,1H3. The molecule has 2 aliphatic heterocycles. The minimum atomic E-state index is -3.55. The fourth-order valence-electron chi connectivity index (χ4n) is 5.04. The lowest BCUT2D eigenvalue weighted by Gasteiger charge is -2.38. The van der Waals surface area contributed by atoms with Crippen LogP contribution in [-0.2, 0) is 10.0 Å². The third-order valence-corrected chi connectivity index (χ3v) is 9.11. The van der Waals surface area contributed by atoms with Crippen LogP contribution in [0.15, 0.2) is 77.7 Å². The van der Waals surface area contributed by atoms with Crippen LogP contribution in [0.2, 0.25) is 0 Å². The van der Waals surface area contributed by atoms with Crippen molar-refractivity contribution in [1.82, 2.24) is 4.31 Å². The Morgan fingerprint density at radius 2 is 1.29 bits per heavy atom. The molecule has 0 saturated carbocycles. The lowest BCUT2D eigenvalue weighted by atomic mass is 10.1. The van der Waals surface area contributed by atoms with Gasteiger partial charge < -0.3 is 19.4 Å². The number of benzene rings is 3.